The quantitative estimate of drug-likeness (QED) is 0.151. The topological polar surface area (TPSA) is 87.2 Å². The van der Waals surface area contributed by atoms with E-state index in [4.69, 9.17) is 29.9 Å². The summed E-state index contributed by atoms with van der Waals surface area (Å²) in [7, 11) is 0. The largest absolute Gasteiger partial charge is 0.309 e. The van der Waals surface area contributed by atoms with Crippen molar-refractivity contribution in [1.82, 2.24) is 39.0 Å². The van der Waals surface area contributed by atoms with Gasteiger partial charge in [-0.2, -0.15) is 9.97 Å². The molecule has 8 heteroatoms. The van der Waals surface area contributed by atoms with E-state index in [9.17, 15) is 0 Å². The van der Waals surface area contributed by atoms with Crippen LogP contribution in [0.2, 0.25) is 0 Å². The molecule has 0 saturated heterocycles. The van der Waals surface area contributed by atoms with E-state index in [2.05, 4.69) is 149 Å². The van der Waals surface area contributed by atoms with Gasteiger partial charge in [0.1, 0.15) is 0 Å². The third-order valence-electron chi connectivity index (χ3n) is 12.7. The van der Waals surface area contributed by atoms with Crippen LogP contribution in [0.3, 0.4) is 0 Å². The molecule has 318 valence electrons. The molecule has 0 amide bonds. The van der Waals surface area contributed by atoms with E-state index in [1.54, 1.807) is 0 Å². The van der Waals surface area contributed by atoms with E-state index in [1.165, 1.54) is 0 Å². The van der Waals surface area contributed by atoms with Gasteiger partial charge in [-0.25, -0.2) is 19.9 Å². The Morgan fingerprint density at radius 2 is 0.603 bits per heavy atom. The number of aromatic nitrogens is 8. The van der Waals surface area contributed by atoms with Gasteiger partial charge in [-0.1, -0.05) is 182 Å². The Hall–Kier alpha value is -9.40. The van der Waals surface area contributed by atoms with Gasteiger partial charge in [0, 0.05) is 55.0 Å². The Labute approximate surface area is 391 Å². The molecular weight excluding hydrogens is 833 g/mol. The highest BCUT2D eigenvalue weighted by atomic mass is 15.2. The molecule has 0 aliphatic heterocycles. The van der Waals surface area contributed by atoms with E-state index in [1.807, 2.05) is 91.0 Å². The normalized spacial score (nSPS) is 11.5. The van der Waals surface area contributed by atoms with Crippen LogP contribution in [0, 0.1) is 0 Å². The van der Waals surface area contributed by atoms with Crippen molar-refractivity contribution in [2.24, 2.45) is 0 Å². The van der Waals surface area contributed by atoms with Crippen molar-refractivity contribution in [3.63, 3.8) is 0 Å². The highest BCUT2D eigenvalue weighted by Gasteiger charge is 2.22. The molecule has 0 N–H and O–H groups in total. The van der Waals surface area contributed by atoms with Crippen molar-refractivity contribution in [3.05, 3.63) is 231 Å². The Morgan fingerprint density at radius 1 is 0.235 bits per heavy atom. The van der Waals surface area contributed by atoms with Crippen LogP contribution in [0.25, 0.3) is 123 Å². The van der Waals surface area contributed by atoms with Crippen molar-refractivity contribution in [2.75, 3.05) is 0 Å². The monoisotopic (exact) mass is 870 g/mol. The van der Waals surface area contributed by atoms with Crippen molar-refractivity contribution in [1.29, 1.82) is 0 Å². The first-order valence-corrected chi connectivity index (χ1v) is 22.6. The van der Waals surface area contributed by atoms with Crippen molar-refractivity contribution >= 4 is 43.6 Å². The second-order valence-electron chi connectivity index (χ2n) is 16.7. The zero-order valence-electron chi connectivity index (χ0n) is 36.5. The third-order valence-corrected chi connectivity index (χ3v) is 12.7. The van der Waals surface area contributed by atoms with E-state index < -0.39 is 0 Å². The summed E-state index contributed by atoms with van der Waals surface area (Å²) >= 11 is 0. The highest BCUT2D eigenvalue weighted by Crippen LogP contribution is 2.40. The minimum absolute atomic E-state index is 0.547. The summed E-state index contributed by atoms with van der Waals surface area (Å²) in [4.78, 5) is 30.7. The summed E-state index contributed by atoms with van der Waals surface area (Å²) in [5, 5.41) is 4.45. The van der Waals surface area contributed by atoms with Crippen molar-refractivity contribution < 1.29 is 0 Å². The van der Waals surface area contributed by atoms with Crippen LogP contribution in [0.5, 0.6) is 0 Å². The molecule has 4 heterocycles. The Kier molecular flexibility index (Phi) is 9.31. The summed E-state index contributed by atoms with van der Waals surface area (Å²) in [6, 6.07) is 79.4. The maximum absolute atomic E-state index is 5.35. The first-order valence-electron chi connectivity index (χ1n) is 22.6. The average Bonchev–Trinajstić information content (AvgIpc) is 3.93. The Balaban J connectivity index is 0.993. The van der Waals surface area contributed by atoms with Crippen LogP contribution in [0.15, 0.2) is 231 Å². The number of benzene rings is 9. The highest BCUT2D eigenvalue weighted by molar-refractivity contribution is 6.19. The van der Waals surface area contributed by atoms with E-state index in [-0.39, 0.29) is 0 Å². The smallest absolute Gasteiger partial charge is 0.238 e. The third kappa shape index (κ3) is 6.70. The minimum atomic E-state index is 0.547. The fraction of sp³-hybridized carbons (Fsp3) is 0. The number of rotatable bonds is 8. The number of fused-ring (bicyclic) bond motifs is 6. The maximum atomic E-state index is 5.35. The van der Waals surface area contributed by atoms with Gasteiger partial charge in [0.15, 0.2) is 29.1 Å². The molecular formula is C60H38N8. The lowest BCUT2D eigenvalue weighted by Crippen LogP contribution is -2.06. The lowest BCUT2D eigenvalue weighted by atomic mass is 9.99. The lowest BCUT2D eigenvalue weighted by molar-refractivity contribution is 0.954. The van der Waals surface area contributed by atoms with E-state index in [0.29, 0.717) is 35.1 Å². The van der Waals surface area contributed by atoms with Crippen LogP contribution in [-0.2, 0) is 0 Å². The Bertz CT molecular complexity index is 3940. The van der Waals surface area contributed by atoms with Gasteiger partial charge in [-0.15, -0.1) is 0 Å². The average molecular weight is 871 g/mol. The van der Waals surface area contributed by atoms with Gasteiger partial charge < -0.3 is 4.57 Å². The standard InChI is InChI=1S/C60H38N8/c1-5-19-39(20-6-1)45-27-13-14-30-48(45)59-64-58(42-25-11-4-12-26-42)65-60(66-59)68-52-32-18-16-29-47(52)50-37-53-49(38-54(50)68)46-28-15-17-31-51(46)67(53)44-35-33-43(34-36-44)57-62-55(40-21-7-2-8-22-40)61-56(63-57)41-23-9-3-10-24-41/h1-38H. The van der Waals surface area contributed by atoms with Gasteiger partial charge in [-0.05, 0) is 59.7 Å². The SMILES string of the molecule is c1ccc(-c2nc(-c3ccccc3)nc(-c3ccc(-n4c5ccccc5c5cc6c(cc54)c4ccccc4n6-c4nc(-c5ccccc5)nc(-c5ccccc5-c5ccccc5)n4)cc3)n2)cc1. The van der Waals surface area contributed by atoms with Crippen molar-refractivity contribution in [3.8, 4) is 79.7 Å². The molecule has 68 heavy (non-hydrogen) atoms. The summed E-state index contributed by atoms with van der Waals surface area (Å²) in [6.45, 7) is 0. The molecule has 0 saturated carbocycles. The number of nitrogens with zero attached hydrogens (tertiary/aromatic N) is 8. The zero-order chi connectivity index (χ0) is 45.0. The van der Waals surface area contributed by atoms with Gasteiger partial charge in [0.05, 0.1) is 22.1 Å². The van der Waals surface area contributed by atoms with Crippen LogP contribution in [0.4, 0.5) is 0 Å². The molecule has 0 bridgehead atoms. The molecule has 4 aromatic heterocycles. The molecule has 0 aliphatic carbocycles. The number of para-hydroxylation sites is 2. The fourth-order valence-electron chi connectivity index (χ4n) is 9.47. The second-order valence-corrected chi connectivity index (χ2v) is 16.7. The lowest BCUT2D eigenvalue weighted by Gasteiger charge is -2.13. The number of hydrogen-bond donors (Lipinski definition) is 0. The van der Waals surface area contributed by atoms with Gasteiger partial charge in [0.2, 0.25) is 5.95 Å². The molecule has 0 spiro atoms. The molecule has 13 rings (SSSR count). The fourth-order valence-corrected chi connectivity index (χ4v) is 9.47. The molecule has 13 aromatic rings. The predicted molar refractivity (Wildman–Crippen MR) is 275 cm³/mol. The molecule has 0 radical (unpaired) electrons. The summed E-state index contributed by atoms with van der Waals surface area (Å²) in [6.07, 6.45) is 0. The number of hydrogen-bond acceptors (Lipinski definition) is 6. The van der Waals surface area contributed by atoms with Crippen LogP contribution in [0.1, 0.15) is 0 Å². The van der Waals surface area contributed by atoms with Crippen molar-refractivity contribution in [2.45, 2.75) is 0 Å². The second kappa shape index (κ2) is 16.2. The predicted octanol–water partition coefficient (Wildman–Crippen LogP) is 14.3. The minimum Gasteiger partial charge on any atom is -0.309 e. The molecule has 0 aliphatic rings. The first kappa shape index (κ1) is 39.0. The molecule has 0 fully saturated rings. The van der Waals surface area contributed by atoms with Gasteiger partial charge >= 0.3 is 0 Å². The van der Waals surface area contributed by atoms with Crippen LogP contribution >= 0.6 is 0 Å². The maximum Gasteiger partial charge on any atom is 0.238 e. The van der Waals surface area contributed by atoms with Gasteiger partial charge in [-0.3, -0.25) is 4.57 Å². The molecule has 8 nitrogen and oxygen atoms in total. The summed E-state index contributed by atoms with van der Waals surface area (Å²) in [5.74, 6) is 3.62. The summed E-state index contributed by atoms with van der Waals surface area (Å²) in [5.41, 5.74) is 12.0. The molecule has 9 aromatic carbocycles. The van der Waals surface area contributed by atoms with Crippen LogP contribution < -0.4 is 0 Å². The van der Waals surface area contributed by atoms with Gasteiger partial charge in [0.25, 0.3) is 0 Å². The van der Waals surface area contributed by atoms with Crippen LogP contribution in [-0.4, -0.2) is 39.0 Å². The molecule has 0 atom stereocenters. The van der Waals surface area contributed by atoms with E-state index >= 15 is 0 Å². The van der Waals surface area contributed by atoms with E-state index in [0.717, 1.165) is 88.2 Å². The first-order chi connectivity index (χ1) is 33.7. The zero-order valence-corrected chi connectivity index (χ0v) is 36.5. The summed E-state index contributed by atoms with van der Waals surface area (Å²) < 4.78 is 4.56. The molecule has 0 unspecified atom stereocenters. The Morgan fingerprint density at radius 3 is 1.13 bits per heavy atom.